The minimum atomic E-state index is -1.06. The van der Waals surface area contributed by atoms with Crippen molar-refractivity contribution in [1.82, 2.24) is 25.3 Å². The summed E-state index contributed by atoms with van der Waals surface area (Å²) in [4.78, 5) is 41.2. The van der Waals surface area contributed by atoms with Crippen molar-refractivity contribution in [1.29, 1.82) is 0 Å². The molecule has 9 nitrogen and oxygen atoms in total. The van der Waals surface area contributed by atoms with Crippen LogP contribution in [0.5, 0.6) is 5.75 Å². The van der Waals surface area contributed by atoms with Crippen LogP contribution in [0.1, 0.15) is 79.4 Å². The van der Waals surface area contributed by atoms with Gasteiger partial charge in [0.05, 0.1) is 13.2 Å². The van der Waals surface area contributed by atoms with Crippen LogP contribution < -0.4 is 15.4 Å². The molecule has 2 N–H and O–H groups in total. The highest BCUT2D eigenvalue weighted by Crippen LogP contribution is 2.29. The van der Waals surface area contributed by atoms with Crippen molar-refractivity contribution in [3.8, 4) is 5.75 Å². The molecule has 2 aromatic rings. The Bertz CT molecular complexity index is 1090. The summed E-state index contributed by atoms with van der Waals surface area (Å²) in [6.07, 6.45) is 5.55. The molecule has 0 unspecified atom stereocenters. The molecule has 1 fully saturated rings. The second-order valence-electron chi connectivity index (χ2n) is 9.84. The molecular weight excluding hydrogens is 458 g/mol. The number of hydrogen-bond acceptors (Lipinski definition) is 5. The molecule has 0 bridgehead atoms. The maximum absolute atomic E-state index is 13.4. The van der Waals surface area contributed by atoms with Crippen molar-refractivity contribution >= 4 is 17.7 Å². The van der Waals surface area contributed by atoms with E-state index in [0.717, 1.165) is 43.4 Å². The highest BCUT2D eigenvalue weighted by atomic mass is 16.5. The maximum atomic E-state index is 13.4. The number of amides is 3. The van der Waals surface area contributed by atoms with E-state index in [0.29, 0.717) is 31.8 Å². The number of fused-ring (bicyclic) bond motifs is 1. The average molecular weight is 496 g/mol. The molecule has 3 amide bonds. The molecular formula is C27H37N5O4. The third kappa shape index (κ3) is 5.39. The van der Waals surface area contributed by atoms with E-state index in [1.54, 1.807) is 11.8 Å². The molecule has 2 heterocycles. The molecule has 1 saturated carbocycles. The van der Waals surface area contributed by atoms with Gasteiger partial charge in [-0.1, -0.05) is 31.9 Å². The number of carbonyl (C=O) groups excluding carboxylic acids is 3. The zero-order chi connectivity index (χ0) is 25.7. The third-order valence-electron chi connectivity index (χ3n) is 7.09. The summed E-state index contributed by atoms with van der Waals surface area (Å²) in [5.41, 5.74) is 0.543. The van der Waals surface area contributed by atoms with Crippen LogP contribution >= 0.6 is 0 Å². The summed E-state index contributed by atoms with van der Waals surface area (Å²) in [5.74, 6) is 0.0567. The molecule has 1 atom stereocenters. The number of carbonyl (C=O) groups is 3. The van der Waals surface area contributed by atoms with E-state index < -0.39 is 5.54 Å². The molecule has 9 heteroatoms. The number of nitrogens with zero attached hydrogens (tertiary/aromatic N) is 3. The van der Waals surface area contributed by atoms with Crippen LogP contribution in [0.15, 0.2) is 30.3 Å². The average Bonchev–Trinajstić information content (AvgIpc) is 3.53. The molecule has 1 aromatic carbocycles. The second-order valence-corrected chi connectivity index (χ2v) is 9.84. The maximum Gasteiger partial charge on any atom is 0.273 e. The Hall–Kier alpha value is -3.36. The summed E-state index contributed by atoms with van der Waals surface area (Å²) >= 11 is 0. The fraction of sp³-hybridized carbons (Fsp3) is 0.556. The zero-order valence-electron chi connectivity index (χ0n) is 21.5. The van der Waals surface area contributed by atoms with Crippen molar-refractivity contribution < 1.29 is 19.1 Å². The minimum absolute atomic E-state index is 0.154. The third-order valence-corrected chi connectivity index (χ3v) is 7.09. The fourth-order valence-electron chi connectivity index (χ4n) is 5.07. The van der Waals surface area contributed by atoms with Gasteiger partial charge in [-0.2, -0.15) is 5.10 Å². The Kier molecular flexibility index (Phi) is 7.96. The molecule has 1 aliphatic carbocycles. The van der Waals surface area contributed by atoms with Gasteiger partial charge in [0.2, 0.25) is 5.91 Å². The molecule has 1 aliphatic heterocycles. The van der Waals surface area contributed by atoms with Crippen LogP contribution in [0.2, 0.25) is 0 Å². The monoisotopic (exact) mass is 495 g/mol. The van der Waals surface area contributed by atoms with Gasteiger partial charge in [-0.05, 0) is 57.2 Å². The summed E-state index contributed by atoms with van der Waals surface area (Å²) < 4.78 is 6.98. The Balaban J connectivity index is 1.43. The first-order chi connectivity index (χ1) is 17.4. The minimum Gasteiger partial charge on any atom is -0.494 e. The highest BCUT2D eigenvalue weighted by molar-refractivity contribution is 6.01. The number of aromatic nitrogens is 2. The van der Waals surface area contributed by atoms with Gasteiger partial charge >= 0.3 is 0 Å². The van der Waals surface area contributed by atoms with E-state index >= 15 is 0 Å². The first-order valence-corrected chi connectivity index (χ1v) is 13.1. The van der Waals surface area contributed by atoms with E-state index in [9.17, 15) is 14.4 Å². The molecule has 1 aromatic heterocycles. The van der Waals surface area contributed by atoms with Gasteiger partial charge in [-0.3, -0.25) is 19.1 Å². The van der Waals surface area contributed by atoms with Gasteiger partial charge < -0.3 is 20.3 Å². The lowest BCUT2D eigenvalue weighted by atomic mass is 9.94. The number of ether oxygens (including phenoxy) is 1. The van der Waals surface area contributed by atoms with Crippen LogP contribution in [0, 0.1) is 0 Å². The van der Waals surface area contributed by atoms with Crippen molar-refractivity contribution in [3.05, 3.63) is 47.3 Å². The number of rotatable bonds is 10. The van der Waals surface area contributed by atoms with E-state index in [2.05, 4.69) is 15.7 Å². The lowest BCUT2D eigenvalue weighted by Gasteiger charge is -2.43. The lowest BCUT2D eigenvalue weighted by molar-refractivity contribution is -0.133. The van der Waals surface area contributed by atoms with Gasteiger partial charge in [0.15, 0.2) is 5.69 Å². The first kappa shape index (κ1) is 25.7. The predicted molar refractivity (Wildman–Crippen MR) is 136 cm³/mol. The summed E-state index contributed by atoms with van der Waals surface area (Å²) in [5, 5.41) is 10.5. The Labute approximate surface area is 212 Å². The smallest absolute Gasteiger partial charge is 0.273 e. The summed E-state index contributed by atoms with van der Waals surface area (Å²) in [6.45, 7) is 7.45. The van der Waals surface area contributed by atoms with E-state index in [1.165, 1.54) is 10.7 Å². The van der Waals surface area contributed by atoms with Crippen molar-refractivity contribution in [2.24, 2.45) is 0 Å². The second kappa shape index (κ2) is 11.1. The van der Waals surface area contributed by atoms with E-state index in [1.807, 2.05) is 38.1 Å². The molecule has 4 rings (SSSR count). The van der Waals surface area contributed by atoms with E-state index in [-0.39, 0.29) is 36.0 Å². The normalized spacial score (nSPS) is 19.8. The fourth-order valence-corrected chi connectivity index (χ4v) is 5.07. The van der Waals surface area contributed by atoms with Crippen LogP contribution in [0.25, 0.3) is 0 Å². The Morgan fingerprint density at radius 2 is 1.89 bits per heavy atom. The molecule has 2 aliphatic rings. The Morgan fingerprint density at radius 3 is 2.56 bits per heavy atom. The first-order valence-electron chi connectivity index (χ1n) is 13.1. The molecule has 36 heavy (non-hydrogen) atoms. The van der Waals surface area contributed by atoms with Crippen LogP contribution in [-0.2, 0) is 17.8 Å². The standard InChI is InChI=1S/C27H37N5O4/c1-4-16-31-25(34)23-17-22(24(33)28-15-14-19-10-12-21(13-11-19)36-5-2)30-32(23)18-27(31,3)26(35)29-20-8-6-7-9-20/h10-13,17,20H,4-9,14-16,18H2,1-3H3,(H,28,33)(H,29,35)/t27-/m1/s1. The zero-order valence-corrected chi connectivity index (χ0v) is 21.5. The lowest BCUT2D eigenvalue weighted by Crippen LogP contribution is -2.65. The SMILES string of the molecule is CCCN1C(=O)c2cc(C(=O)NCCc3ccc(OCC)cc3)nn2C[C@]1(C)C(=O)NC1CCCC1. The van der Waals surface area contributed by atoms with Crippen LogP contribution in [0.4, 0.5) is 0 Å². The van der Waals surface area contributed by atoms with Crippen LogP contribution in [-0.4, -0.2) is 63.7 Å². The van der Waals surface area contributed by atoms with Crippen molar-refractivity contribution in [2.75, 3.05) is 19.7 Å². The van der Waals surface area contributed by atoms with Crippen molar-refractivity contribution in [3.63, 3.8) is 0 Å². The van der Waals surface area contributed by atoms with Gasteiger partial charge in [0, 0.05) is 25.2 Å². The van der Waals surface area contributed by atoms with Crippen molar-refractivity contribution in [2.45, 2.75) is 77.4 Å². The number of benzene rings is 1. The summed E-state index contributed by atoms with van der Waals surface area (Å²) in [6, 6.07) is 9.47. The quantitative estimate of drug-likeness (QED) is 0.527. The summed E-state index contributed by atoms with van der Waals surface area (Å²) in [7, 11) is 0. The highest BCUT2D eigenvalue weighted by Gasteiger charge is 2.48. The number of hydrogen-bond donors (Lipinski definition) is 2. The molecule has 194 valence electrons. The van der Waals surface area contributed by atoms with Gasteiger partial charge in [0.25, 0.3) is 11.8 Å². The Morgan fingerprint density at radius 1 is 1.17 bits per heavy atom. The largest absolute Gasteiger partial charge is 0.494 e. The van der Waals surface area contributed by atoms with Gasteiger partial charge in [-0.25, -0.2) is 0 Å². The predicted octanol–water partition coefficient (Wildman–Crippen LogP) is 2.94. The molecule has 0 spiro atoms. The molecule has 0 saturated heterocycles. The van der Waals surface area contributed by atoms with Gasteiger partial charge in [0.1, 0.15) is 17.0 Å². The van der Waals surface area contributed by atoms with E-state index in [4.69, 9.17) is 4.74 Å². The molecule has 0 radical (unpaired) electrons. The van der Waals surface area contributed by atoms with Crippen LogP contribution in [0.3, 0.4) is 0 Å². The number of nitrogens with one attached hydrogen (secondary N) is 2. The topological polar surface area (TPSA) is 106 Å². The van der Waals surface area contributed by atoms with Gasteiger partial charge in [-0.15, -0.1) is 0 Å².